The third kappa shape index (κ3) is 6.60. The Hall–Kier alpha value is -2.30. The number of rotatable bonds is 9. The van der Waals surface area contributed by atoms with Gasteiger partial charge in [-0.05, 0) is 42.8 Å². The Morgan fingerprint density at radius 3 is 2.31 bits per heavy atom. The number of sulfonamides is 1. The molecule has 0 radical (unpaired) electrons. The summed E-state index contributed by atoms with van der Waals surface area (Å²) in [5.74, 6) is -0.532. The normalized spacial score (nSPS) is 12.1. The maximum absolute atomic E-state index is 13.3. The van der Waals surface area contributed by atoms with Crippen molar-refractivity contribution in [2.24, 2.45) is 0 Å². The zero-order chi connectivity index (χ0) is 24.1. The van der Waals surface area contributed by atoms with Gasteiger partial charge in [0.15, 0.2) is 0 Å². The minimum absolute atomic E-state index is 0.127. The highest BCUT2D eigenvalue weighted by atomic mass is 79.9. The largest absolute Gasteiger partial charge is 0.495 e. The smallest absolute Gasteiger partial charge is 0.244 e. The second kappa shape index (κ2) is 11.0. The highest BCUT2D eigenvalue weighted by Crippen LogP contribution is 2.30. The fourth-order valence-corrected chi connectivity index (χ4v) is 4.36. The molecule has 0 aliphatic carbocycles. The van der Waals surface area contributed by atoms with E-state index >= 15 is 0 Å². The van der Waals surface area contributed by atoms with Crippen molar-refractivity contribution in [3.63, 3.8) is 0 Å². The van der Waals surface area contributed by atoms with E-state index in [0.29, 0.717) is 5.75 Å². The second-order valence-electron chi connectivity index (χ2n) is 7.03. The van der Waals surface area contributed by atoms with Crippen LogP contribution in [0.25, 0.3) is 0 Å². The predicted molar refractivity (Wildman–Crippen MR) is 128 cm³/mol. The molecule has 0 aromatic heterocycles. The molecule has 2 rings (SSSR count). The van der Waals surface area contributed by atoms with Crippen LogP contribution < -0.4 is 14.4 Å². The molecule has 32 heavy (non-hydrogen) atoms. The van der Waals surface area contributed by atoms with E-state index < -0.39 is 28.5 Å². The third-order valence-corrected chi connectivity index (χ3v) is 6.75. The molecule has 1 N–H and O–H groups in total. The van der Waals surface area contributed by atoms with Crippen molar-refractivity contribution in [2.75, 3.05) is 31.3 Å². The minimum Gasteiger partial charge on any atom is -0.495 e. The van der Waals surface area contributed by atoms with Crippen molar-refractivity contribution in [3.05, 3.63) is 57.5 Å². The highest BCUT2D eigenvalue weighted by molar-refractivity contribution is 9.10. The molecule has 1 atom stereocenters. The molecule has 0 bridgehead atoms. The van der Waals surface area contributed by atoms with Gasteiger partial charge in [-0.2, -0.15) is 0 Å². The Kier molecular flexibility index (Phi) is 8.94. The number of ether oxygens (including phenoxy) is 1. The number of halogens is 2. The van der Waals surface area contributed by atoms with Crippen LogP contribution in [0, 0.1) is 0 Å². The lowest BCUT2D eigenvalue weighted by atomic mass is 10.1. The summed E-state index contributed by atoms with van der Waals surface area (Å²) in [5, 5.41) is 2.73. The Morgan fingerprint density at radius 2 is 1.81 bits per heavy atom. The van der Waals surface area contributed by atoms with Gasteiger partial charge in [-0.3, -0.25) is 13.9 Å². The molecule has 2 aromatic rings. The van der Waals surface area contributed by atoms with Crippen LogP contribution in [0.3, 0.4) is 0 Å². The van der Waals surface area contributed by atoms with Gasteiger partial charge in [0.1, 0.15) is 18.3 Å². The summed E-state index contributed by atoms with van der Waals surface area (Å²) in [7, 11) is -0.914. The van der Waals surface area contributed by atoms with E-state index in [2.05, 4.69) is 21.2 Å². The van der Waals surface area contributed by atoms with Crippen LogP contribution in [0.2, 0.25) is 5.02 Å². The van der Waals surface area contributed by atoms with E-state index in [1.807, 2.05) is 24.3 Å². The topological polar surface area (TPSA) is 96.0 Å². The van der Waals surface area contributed by atoms with Gasteiger partial charge in [0, 0.05) is 18.1 Å². The Morgan fingerprint density at radius 1 is 1.19 bits per heavy atom. The summed E-state index contributed by atoms with van der Waals surface area (Å²) in [4.78, 5) is 26.9. The van der Waals surface area contributed by atoms with Crippen molar-refractivity contribution >= 4 is 55.1 Å². The number of likely N-dealkylation sites (N-methyl/N-ethyl adjacent to an activating group) is 1. The summed E-state index contributed by atoms with van der Waals surface area (Å²) < 4.78 is 31.9. The van der Waals surface area contributed by atoms with Crippen molar-refractivity contribution in [1.82, 2.24) is 10.2 Å². The molecule has 0 unspecified atom stereocenters. The van der Waals surface area contributed by atoms with Crippen molar-refractivity contribution in [3.8, 4) is 5.75 Å². The molecule has 0 fully saturated rings. The minimum atomic E-state index is -3.83. The molecule has 2 aromatic carbocycles. The molecule has 0 aliphatic rings. The first-order valence-corrected chi connectivity index (χ1v) is 12.6. The number of hydrogen-bond donors (Lipinski definition) is 1. The zero-order valence-corrected chi connectivity index (χ0v) is 21.3. The van der Waals surface area contributed by atoms with Crippen LogP contribution in [0.1, 0.15) is 12.5 Å². The lowest BCUT2D eigenvalue weighted by Crippen LogP contribution is -2.50. The van der Waals surface area contributed by atoms with Gasteiger partial charge >= 0.3 is 0 Å². The average molecular weight is 547 g/mol. The first-order chi connectivity index (χ1) is 15.0. The van der Waals surface area contributed by atoms with Crippen molar-refractivity contribution < 1.29 is 22.7 Å². The fourth-order valence-electron chi connectivity index (χ4n) is 3.00. The molecule has 0 heterocycles. The molecule has 174 valence electrons. The number of anilines is 1. The number of nitrogens with one attached hydrogen (secondary N) is 1. The first-order valence-electron chi connectivity index (χ1n) is 9.54. The quantitative estimate of drug-likeness (QED) is 0.522. The van der Waals surface area contributed by atoms with Crippen molar-refractivity contribution in [2.45, 2.75) is 19.5 Å². The standard InChI is InChI=1S/C21H25BrClN3O5S/c1-14(21(28)24-2)25(12-15-5-7-16(22)8-6-15)20(27)13-26(32(4,29)30)17-9-10-19(31-3)18(23)11-17/h5-11,14H,12-13H2,1-4H3,(H,24,28)/t14-/m1/s1. The first kappa shape index (κ1) is 26.0. The van der Waals surface area contributed by atoms with E-state index in [0.717, 1.165) is 20.6 Å². The number of benzene rings is 2. The van der Waals surface area contributed by atoms with E-state index in [9.17, 15) is 18.0 Å². The van der Waals surface area contributed by atoms with Crippen LogP contribution in [0.15, 0.2) is 46.9 Å². The monoisotopic (exact) mass is 545 g/mol. The Balaban J connectivity index is 2.39. The molecular weight excluding hydrogens is 522 g/mol. The third-order valence-electron chi connectivity index (χ3n) is 4.78. The number of nitrogens with zero attached hydrogens (tertiary/aromatic N) is 2. The van der Waals surface area contributed by atoms with Gasteiger partial charge in [0.05, 0.1) is 24.1 Å². The van der Waals surface area contributed by atoms with Gasteiger partial charge in [-0.25, -0.2) is 8.42 Å². The Bertz CT molecular complexity index is 1080. The molecule has 0 saturated carbocycles. The second-order valence-corrected chi connectivity index (χ2v) is 10.3. The number of carbonyl (C=O) groups excluding carboxylic acids is 2. The Labute approximate surface area is 201 Å². The van der Waals surface area contributed by atoms with E-state index in [4.69, 9.17) is 16.3 Å². The zero-order valence-electron chi connectivity index (χ0n) is 18.1. The molecule has 0 saturated heterocycles. The SMILES string of the molecule is CNC(=O)[C@@H](C)N(Cc1ccc(Br)cc1)C(=O)CN(c1ccc(OC)c(Cl)c1)S(C)(=O)=O. The van der Waals surface area contributed by atoms with E-state index in [1.54, 1.807) is 6.92 Å². The van der Waals surface area contributed by atoms with Gasteiger partial charge < -0.3 is 15.0 Å². The van der Waals surface area contributed by atoms with Gasteiger partial charge in [-0.15, -0.1) is 0 Å². The predicted octanol–water partition coefficient (Wildman–Crippen LogP) is 3.04. The summed E-state index contributed by atoms with van der Waals surface area (Å²) in [5.41, 5.74) is 0.999. The van der Waals surface area contributed by atoms with Crippen LogP contribution in [-0.4, -0.2) is 58.1 Å². The lowest BCUT2D eigenvalue weighted by molar-refractivity contribution is -0.139. The number of methoxy groups -OCH3 is 1. The highest BCUT2D eigenvalue weighted by Gasteiger charge is 2.30. The van der Waals surface area contributed by atoms with E-state index in [1.165, 1.54) is 37.3 Å². The van der Waals surface area contributed by atoms with Crippen LogP contribution in [0.5, 0.6) is 5.75 Å². The number of hydrogen-bond acceptors (Lipinski definition) is 5. The maximum Gasteiger partial charge on any atom is 0.244 e. The van der Waals surface area contributed by atoms with Gasteiger partial charge in [-0.1, -0.05) is 39.7 Å². The fraction of sp³-hybridized carbons (Fsp3) is 0.333. The average Bonchev–Trinajstić information content (AvgIpc) is 2.75. The summed E-state index contributed by atoms with van der Waals surface area (Å²) in [6.07, 6.45) is 1.000. The van der Waals surface area contributed by atoms with Crippen LogP contribution >= 0.6 is 27.5 Å². The van der Waals surface area contributed by atoms with E-state index in [-0.39, 0.29) is 23.2 Å². The van der Waals surface area contributed by atoms with Crippen molar-refractivity contribution in [1.29, 1.82) is 0 Å². The van der Waals surface area contributed by atoms with Crippen LogP contribution in [-0.2, 0) is 26.2 Å². The summed E-state index contributed by atoms with van der Waals surface area (Å²) in [6, 6.07) is 10.9. The molecule has 0 spiro atoms. The number of amides is 2. The summed E-state index contributed by atoms with van der Waals surface area (Å²) >= 11 is 9.52. The maximum atomic E-state index is 13.3. The van der Waals surface area contributed by atoms with Crippen LogP contribution in [0.4, 0.5) is 5.69 Å². The molecule has 11 heteroatoms. The van der Waals surface area contributed by atoms with Gasteiger partial charge in [0.2, 0.25) is 21.8 Å². The number of carbonyl (C=O) groups is 2. The molecule has 8 nitrogen and oxygen atoms in total. The van der Waals surface area contributed by atoms with Gasteiger partial charge in [0.25, 0.3) is 0 Å². The lowest BCUT2D eigenvalue weighted by Gasteiger charge is -2.31. The molecule has 0 aliphatic heterocycles. The molecule has 2 amide bonds. The summed E-state index contributed by atoms with van der Waals surface area (Å²) in [6.45, 7) is 1.21. The molecular formula is C21H25BrClN3O5S.